The van der Waals surface area contributed by atoms with Gasteiger partial charge in [-0.25, -0.2) is 0 Å². The van der Waals surface area contributed by atoms with Gasteiger partial charge in [0.1, 0.15) is 0 Å². The number of hydrogen-bond donors (Lipinski definition) is 0. The van der Waals surface area contributed by atoms with E-state index in [9.17, 15) is 4.79 Å². The molecule has 0 rings (SSSR count). The van der Waals surface area contributed by atoms with Crippen LogP contribution in [-0.2, 0) is 4.79 Å². The minimum atomic E-state index is -3.43. The van der Waals surface area contributed by atoms with Gasteiger partial charge in [-0.2, -0.15) is 0 Å². The van der Waals surface area contributed by atoms with Crippen LogP contribution in [0.5, 0.6) is 0 Å². The molecule has 48 valence electrons. The number of amides is 1. The summed E-state index contributed by atoms with van der Waals surface area (Å²) in [5.41, 5.74) is 0. The molecule has 0 aliphatic heterocycles. The van der Waals surface area contributed by atoms with E-state index in [1.807, 2.05) is 0 Å². The lowest BCUT2D eigenvalue weighted by Crippen LogP contribution is -2.27. The summed E-state index contributed by atoms with van der Waals surface area (Å²) in [5, 5.41) is 0. The van der Waals surface area contributed by atoms with Gasteiger partial charge in [0.25, 0.3) is 0 Å². The van der Waals surface area contributed by atoms with Crippen LogP contribution in [0.25, 0.3) is 0 Å². The maximum atomic E-state index is 11.3. The molecule has 0 N–H and O–H groups in total. The van der Waals surface area contributed by atoms with E-state index in [-0.39, 0.29) is 4.90 Å². The van der Waals surface area contributed by atoms with E-state index < -0.39 is 32.6 Å². The van der Waals surface area contributed by atoms with E-state index in [2.05, 4.69) is 0 Å². The van der Waals surface area contributed by atoms with Gasteiger partial charge < -0.3 is 4.90 Å². The second-order valence-electron chi connectivity index (χ2n) is 1.08. The van der Waals surface area contributed by atoms with Gasteiger partial charge in [-0.05, 0) is 13.7 Å². The molecule has 0 aromatic carbocycles. The first-order valence-corrected chi connectivity index (χ1v) is 1.87. The summed E-state index contributed by atoms with van der Waals surface area (Å²) in [7, 11) is 0. The average molecular weight is 125 g/mol. The van der Waals surface area contributed by atoms with Gasteiger partial charge in [0.2, 0.25) is 5.91 Å². The molecule has 0 bridgehead atoms. The first kappa shape index (κ1) is 1.15. The van der Waals surface area contributed by atoms with Gasteiger partial charge in [-0.1, -0.05) is 0 Å². The maximum absolute atomic E-state index is 11.3. The molecule has 0 heterocycles. The lowest BCUT2D eigenvalue weighted by atomic mass is 10.5. The number of nitrogens with zero attached hydrogens (tertiary/aromatic N) is 1. The van der Waals surface area contributed by atoms with Gasteiger partial charge in [0, 0.05) is 33.6 Å². The second kappa shape index (κ2) is 3.47. The van der Waals surface area contributed by atoms with Crippen LogP contribution >= 0.6 is 0 Å². The fourth-order valence-corrected chi connectivity index (χ4v) is 0.185. The normalized spacial score (nSPS) is 34.1. The van der Waals surface area contributed by atoms with Crippen molar-refractivity contribution < 1.29 is 18.5 Å². The van der Waals surface area contributed by atoms with Gasteiger partial charge >= 0.3 is 0 Å². The molecule has 8 heavy (non-hydrogen) atoms. The Kier molecular flexibility index (Phi) is 0.500. The molecule has 0 saturated heterocycles. The SMILES string of the molecule is [2H]C([2H])([2H])C([2H])([2H])N(C(C)=O)C([2H])([2H])C([2H])([2H])[2H]. The Morgan fingerprint density at radius 1 is 1.75 bits per heavy atom. The van der Waals surface area contributed by atoms with Crippen LogP contribution in [0.1, 0.15) is 34.3 Å². The van der Waals surface area contributed by atoms with Crippen molar-refractivity contribution in [2.45, 2.75) is 20.6 Å². The molecular weight excluding hydrogens is 102 g/mol. The van der Waals surface area contributed by atoms with Crippen LogP contribution < -0.4 is 0 Å². The molecule has 0 atom stereocenters. The quantitative estimate of drug-likeness (QED) is 0.536. The van der Waals surface area contributed by atoms with Gasteiger partial charge in [-0.3, -0.25) is 4.79 Å². The zero-order valence-electron chi connectivity index (χ0n) is 14.4. The molecule has 0 spiro atoms. The molecular formula is C6H13NO. The first-order valence-electron chi connectivity index (χ1n) is 6.87. The van der Waals surface area contributed by atoms with Gasteiger partial charge in [0.15, 0.2) is 0 Å². The summed E-state index contributed by atoms with van der Waals surface area (Å²) in [4.78, 5) is 10.9. The summed E-state index contributed by atoms with van der Waals surface area (Å²) < 4.78 is 71.0. The molecule has 0 aromatic heterocycles. The van der Waals surface area contributed by atoms with E-state index in [1.165, 1.54) is 0 Å². The molecule has 0 aliphatic carbocycles. The van der Waals surface area contributed by atoms with Crippen LogP contribution in [0, 0.1) is 0 Å². The van der Waals surface area contributed by atoms with Crippen molar-refractivity contribution in [3.8, 4) is 0 Å². The van der Waals surface area contributed by atoms with Crippen LogP contribution in [-0.4, -0.2) is 23.8 Å². The summed E-state index contributed by atoms with van der Waals surface area (Å²) in [6, 6.07) is 0. The van der Waals surface area contributed by atoms with Crippen LogP contribution in [0.4, 0.5) is 0 Å². The zero-order chi connectivity index (χ0) is 15.2. The minimum Gasteiger partial charge on any atom is -0.343 e. The van der Waals surface area contributed by atoms with E-state index in [1.54, 1.807) is 0 Å². The van der Waals surface area contributed by atoms with Crippen molar-refractivity contribution in [2.75, 3.05) is 13.0 Å². The van der Waals surface area contributed by atoms with Crippen molar-refractivity contribution in [1.29, 1.82) is 0 Å². The Balaban J connectivity index is 5.85. The first-order chi connectivity index (χ1) is 7.57. The molecule has 0 fully saturated rings. The lowest BCUT2D eigenvalue weighted by molar-refractivity contribution is -0.128. The predicted molar refractivity (Wildman–Crippen MR) is 33.6 cm³/mol. The summed E-state index contributed by atoms with van der Waals surface area (Å²) in [6.45, 7) is -12.9. The van der Waals surface area contributed by atoms with Crippen molar-refractivity contribution in [3.63, 3.8) is 0 Å². The maximum Gasteiger partial charge on any atom is 0.219 e. The van der Waals surface area contributed by atoms with E-state index >= 15 is 0 Å². The summed E-state index contributed by atoms with van der Waals surface area (Å²) in [5.74, 6) is -1.32. The van der Waals surface area contributed by atoms with E-state index in [0.717, 1.165) is 0 Å². The highest BCUT2D eigenvalue weighted by Crippen LogP contribution is 1.84. The Bertz CT molecular complexity index is 302. The predicted octanol–water partition coefficient (Wildman–Crippen LogP) is 0.875. The molecule has 0 unspecified atom stereocenters. The molecule has 0 radical (unpaired) electrons. The summed E-state index contributed by atoms with van der Waals surface area (Å²) in [6.07, 6.45) is 0. The van der Waals surface area contributed by atoms with E-state index in [4.69, 9.17) is 13.7 Å². The van der Waals surface area contributed by atoms with Crippen LogP contribution in [0.2, 0.25) is 0 Å². The Morgan fingerprint density at radius 3 is 2.50 bits per heavy atom. The van der Waals surface area contributed by atoms with Crippen molar-refractivity contribution in [3.05, 3.63) is 0 Å². The Hall–Kier alpha value is -0.530. The summed E-state index contributed by atoms with van der Waals surface area (Å²) >= 11 is 0. The smallest absolute Gasteiger partial charge is 0.219 e. The Labute approximate surface area is 64.5 Å². The highest BCUT2D eigenvalue weighted by atomic mass is 16.2. The third-order valence-electron chi connectivity index (χ3n) is 0.539. The topological polar surface area (TPSA) is 20.3 Å². The van der Waals surface area contributed by atoms with E-state index in [0.29, 0.717) is 6.92 Å². The molecule has 2 heteroatoms. The van der Waals surface area contributed by atoms with Gasteiger partial charge in [0.05, 0.1) is 0 Å². The highest BCUT2D eigenvalue weighted by molar-refractivity contribution is 5.73. The van der Waals surface area contributed by atoms with Crippen LogP contribution in [0.3, 0.4) is 0 Å². The Morgan fingerprint density at radius 2 is 2.25 bits per heavy atom. The second-order valence-corrected chi connectivity index (χ2v) is 1.08. The molecule has 2 nitrogen and oxygen atoms in total. The number of carbonyl (C=O) groups excluding carboxylic acids is 1. The lowest BCUT2D eigenvalue weighted by Gasteiger charge is -2.14. The fraction of sp³-hybridized carbons (Fsp3) is 0.833. The fourth-order valence-electron chi connectivity index (χ4n) is 0.185. The molecule has 0 aliphatic rings. The highest BCUT2D eigenvalue weighted by Gasteiger charge is 1.99. The van der Waals surface area contributed by atoms with Crippen molar-refractivity contribution >= 4 is 5.91 Å². The third-order valence-corrected chi connectivity index (χ3v) is 0.539. The molecule has 1 amide bonds. The largest absolute Gasteiger partial charge is 0.343 e. The number of rotatable bonds is 2. The number of hydrogen-bond acceptors (Lipinski definition) is 1. The molecule has 0 aromatic rings. The monoisotopic (exact) mass is 125 g/mol. The minimum absolute atomic E-state index is 0.389. The average Bonchev–Trinajstić information content (AvgIpc) is 1.96. The van der Waals surface area contributed by atoms with Crippen molar-refractivity contribution in [1.82, 2.24) is 4.90 Å². The van der Waals surface area contributed by atoms with Gasteiger partial charge in [-0.15, -0.1) is 0 Å². The third kappa shape index (κ3) is 1.96. The standard InChI is InChI=1S/C6H13NO/c1-4-7(5-2)6(3)8/h4-5H2,1-3H3/i1D3,2D3,4D2,5D2. The molecule has 0 saturated carbocycles. The number of carbonyl (C=O) groups is 1. The van der Waals surface area contributed by atoms with Crippen LogP contribution in [0.15, 0.2) is 0 Å². The van der Waals surface area contributed by atoms with Crippen molar-refractivity contribution in [2.24, 2.45) is 0 Å². The zero-order valence-corrected chi connectivity index (χ0v) is 4.36.